The summed E-state index contributed by atoms with van der Waals surface area (Å²) in [5, 5.41) is 21.1. The summed E-state index contributed by atoms with van der Waals surface area (Å²) in [6, 6.07) is 10.0. The molecule has 4 aromatic rings. The molecule has 0 spiro atoms. The van der Waals surface area contributed by atoms with Crippen LogP contribution in [0.25, 0.3) is 5.69 Å². The average molecular weight is 461 g/mol. The van der Waals surface area contributed by atoms with Crippen LogP contribution in [0.2, 0.25) is 0 Å². The van der Waals surface area contributed by atoms with Gasteiger partial charge in [0.1, 0.15) is 5.82 Å². The van der Waals surface area contributed by atoms with E-state index in [1.165, 1.54) is 25.0 Å². The second-order valence-corrected chi connectivity index (χ2v) is 9.92. The van der Waals surface area contributed by atoms with Crippen molar-refractivity contribution >= 4 is 0 Å². The Balaban J connectivity index is 1.46. The van der Waals surface area contributed by atoms with Crippen molar-refractivity contribution in [2.75, 3.05) is 6.54 Å². The standard InChI is InChI=1S/C25H29FN8/c1-17-22(16-33(30-17)21-8-10-27-11-9-21)23(28-14-19-12-25(2,3)13-19)24-29-31-32-34(24)15-18-4-6-20(26)7-5-18/h4-11,16,19,23,28H,12-15H2,1-3H3. The Morgan fingerprint density at radius 1 is 1.12 bits per heavy atom. The van der Waals surface area contributed by atoms with Gasteiger partial charge in [-0.2, -0.15) is 5.10 Å². The van der Waals surface area contributed by atoms with E-state index >= 15 is 0 Å². The van der Waals surface area contributed by atoms with Crippen LogP contribution < -0.4 is 5.32 Å². The molecule has 5 rings (SSSR count). The summed E-state index contributed by atoms with van der Waals surface area (Å²) in [6.07, 6.45) is 7.93. The highest BCUT2D eigenvalue weighted by Crippen LogP contribution is 2.44. The number of pyridine rings is 1. The van der Waals surface area contributed by atoms with Gasteiger partial charge in [0, 0.05) is 24.2 Å². The van der Waals surface area contributed by atoms with Crippen molar-refractivity contribution in [3.63, 3.8) is 0 Å². The molecule has 1 saturated carbocycles. The number of benzene rings is 1. The van der Waals surface area contributed by atoms with Crippen LogP contribution in [0.1, 0.15) is 55.4 Å². The largest absolute Gasteiger partial charge is 0.303 e. The molecule has 1 fully saturated rings. The summed E-state index contributed by atoms with van der Waals surface area (Å²) < 4.78 is 17.0. The van der Waals surface area contributed by atoms with E-state index in [1.807, 2.05) is 29.9 Å². The van der Waals surface area contributed by atoms with Crippen molar-refractivity contribution in [1.29, 1.82) is 0 Å². The summed E-state index contributed by atoms with van der Waals surface area (Å²) in [5.74, 6) is 1.07. The molecule has 3 aromatic heterocycles. The molecule has 0 bridgehead atoms. The number of tetrazole rings is 1. The van der Waals surface area contributed by atoms with Gasteiger partial charge < -0.3 is 5.32 Å². The molecule has 1 atom stereocenters. The maximum atomic E-state index is 13.4. The van der Waals surface area contributed by atoms with Crippen molar-refractivity contribution in [3.05, 3.63) is 83.5 Å². The number of nitrogens with zero attached hydrogens (tertiary/aromatic N) is 7. The first-order valence-corrected chi connectivity index (χ1v) is 11.6. The third kappa shape index (κ3) is 4.75. The minimum absolute atomic E-state index is 0.227. The highest BCUT2D eigenvalue weighted by molar-refractivity contribution is 5.34. The minimum Gasteiger partial charge on any atom is -0.303 e. The SMILES string of the molecule is Cc1nn(-c2ccncc2)cc1C(NCC1CC(C)(C)C1)c1nnnn1Cc1ccc(F)cc1. The van der Waals surface area contributed by atoms with E-state index in [2.05, 4.69) is 39.7 Å². The van der Waals surface area contributed by atoms with Gasteiger partial charge in [-0.1, -0.05) is 26.0 Å². The lowest BCUT2D eigenvalue weighted by atomic mass is 9.64. The Morgan fingerprint density at radius 3 is 2.56 bits per heavy atom. The van der Waals surface area contributed by atoms with Gasteiger partial charge in [0.25, 0.3) is 0 Å². The van der Waals surface area contributed by atoms with E-state index in [9.17, 15) is 4.39 Å². The monoisotopic (exact) mass is 460 g/mol. The highest BCUT2D eigenvalue weighted by atomic mass is 19.1. The van der Waals surface area contributed by atoms with Crippen molar-refractivity contribution in [2.24, 2.45) is 11.3 Å². The molecule has 3 heterocycles. The lowest BCUT2D eigenvalue weighted by molar-refractivity contribution is 0.0940. The van der Waals surface area contributed by atoms with E-state index < -0.39 is 0 Å². The minimum atomic E-state index is -0.261. The van der Waals surface area contributed by atoms with E-state index in [4.69, 9.17) is 5.10 Å². The van der Waals surface area contributed by atoms with E-state index in [0.29, 0.717) is 23.7 Å². The van der Waals surface area contributed by atoms with Gasteiger partial charge in [-0.05, 0) is 77.9 Å². The van der Waals surface area contributed by atoms with Gasteiger partial charge in [0.05, 0.1) is 24.0 Å². The molecule has 0 radical (unpaired) electrons. The van der Waals surface area contributed by atoms with Crippen LogP contribution in [0.15, 0.2) is 55.0 Å². The van der Waals surface area contributed by atoms with Gasteiger partial charge in [0.2, 0.25) is 0 Å². The first-order chi connectivity index (χ1) is 16.4. The zero-order chi connectivity index (χ0) is 23.7. The number of aromatic nitrogens is 7. The first-order valence-electron chi connectivity index (χ1n) is 11.6. The van der Waals surface area contributed by atoms with Crippen molar-refractivity contribution in [1.82, 2.24) is 40.3 Å². The first kappa shape index (κ1) is 22.3. The average Bonchev–Trinajstić information content (AvgIpc) is 3.42. The third-order valence-corrected chi connectivity index (χ3v) is 6.53. The second-order valence-electron chi connectivity index (χ2n) is 9.92. The van der Waals surface area contributed by atoms with Gasteiger partial charge in [-0.25, -0.2) is 13.8 Å². The quantitative estimate of drug-likeness (QED) is 0.430. The fourth-order valence-corrected chi connectivity index (χ4v) is 4.95. The van der Waals surface area contributed by atoms with Crippen LogP contribution in [-0.2, 0) is 6.54 Å². The number of hydrogen-bond donors (Lipinski definition) is 1. The maximum Gasteiger partial charge on any atom is 0.173 e. The van der Waals surface area contributed by atoms with Gasteiger partial charge >= 0.3 is 0 Å². The molecule has 1 aliphatic rings. The van der Waals surface area contributed by atoms with E-state index in [1.54, 1.807) is 29.2 Å². The summed E-state index contributed by atoms with van der Waals surface area (Å²) in [7, 11) is 0. The molecule has 0 amide bonds. The second kappa shape index (κ2) is 9.06. The van der Waals surface area contributed by atoms with Crippen molar-refractivity contribution < 1.29 is 4.39 Å². The van der Waals surface area contributed by atoms with Gasteiger partial charge in [0.15, 0.2) is 5.82 Å². The smallest absolute Gasteiger partial charge is 0.173 e. The zero-order valence-corrected chi connectivity index (χ0v) is 19.7. The van der Waals surface area contributed by atoms with Crippen LogP contribution in [0.5, 0.6) is 0 Å². The fraction of sp³-hybridized carbons (Fsp3) is 0.400. The van der Waals surface area contributed by atoms with Crippen LogP contribution >= 0.6 is 0 Å². The topological polar surface area (TPSA) is 86.3 Å². The molecule has 1 N–H and O–H groups in total. The number of hydrogen-bond acceptors (Lipinski definition) is 6. The molecule has 0 aliphatic heterocycles. The van der Waals surface area contributed by atoms with Crippen molar-refractivity contribution in [3.8, 4) is 5.69 Å². The fourth-order valence-electron chi connectivity index (χ4n) is 4.95. The molecule has 1 unspecified atom stereocenters. The summed E-state index contributed by atoms with van der Waals surface area (Å²) >= 11 is 0. The number of rotatable bonds is 8. The molecule has 9 heteroatoms. The normalized spacial score (nSPS) is 16.4. The number of halogens is 1. The van der Waals surface area contributed by atoms with Crippen molar-refractivity contribution in [2.45, 2.75) is 46.2 Å². The molecular formula is C25H29FN8. The molecular weight excluding hydrogens is 431 g/mol. The molecule has 176 valence electrons. The lowest BCUT2D eigenvalue weighted by Gasteiger charge is -2.43. The maximum absolute atomic E-state index is 13.4. The Hall–Kier alpha value is -3.46. The van der Waals surface area contributed by atoms with Crippen LogP contribution in [0, 0.1) is 24.1 Å². The third-order valence-electron chi connectivity index (χ3n) is 6.53. The van der Waals surface area contributed by atoms with Crippen LogP contribution in [-0.4, -0.2) is 41.5 Å². The predicted octanol–water partition coefficient (Wildman–Crippen LogP) is 3.86. The Bertz CT molecular complexity index is 1240. The van der Waals surface area contributed by atoms with Crippen LogP contribution in [0.4, 0.5) is 4.39 Å². The molecule has 34 heavy (non-hydrogen) atoms. The van der Waals surface area contributed by atoms with Gasteiger partial charge in [-0.15, -0.1) is 5.10 Å². The summed E-state index contributed by atoms with van der Waals surface area (Å²) in [6.45, 7) is 7.95. The Morgan fingerprint density at radius 2 is 1.85 bits per heavy atom. The molecule has 0 saturated heterocycles. The predicted molar refractivity (Wildman–Crippen MR) is 126 cm³/mol. The van der Waals surface area contributed by atoms with E-state index in [-0.39, 0.29) is 11.9 Å². The van der Waals surface area contributed by atoms with Gasteiger partial charge in [-0.3, -0.25) is 4.98 Å². The van der Waals surface area contributed by atoms with E-state index in [0.717, 1.165) is 29.1 Å². The molecule has 1 aliphatic carbocycles. The van der Waals surface area contributed by atoms with Crippen LogP contribution in [0.3, 0.4) is 0 Å². The Labute approximate surface area is 198 Å². The summed E-state index contributed by atoms with van der Waals surface area (Å²) in [5.41, 5.74) is 4.20. The number of nitrogens with one attached hydrogen (secondary N) is 1. The Kier molecular flexibility index (Phi) is 5.95. The lowest BCUT2D eigenvalue weighted by Crippen LogP contribution is -2.40. The zero-order valence-electron chi connectivity index (χ0n) is 19.7. The summed E-state index contributed by atoms with van der Waals surface area (Å²) in [4.78, 5) is 4.10. The highest BCUT2D eigenvalue weighted by Gasteiger charge is 2.36. The number of aryl methyl sites for hydroxylation is 1. The molecule has 1 aromatic carbocycles. The molecule has 8 nitrogen and oxygen atoms in total.